The van der Waals surface area contributed by atoms with Gasteiger partial charge in [-0.25, -0.2) is 0 Å². The smallest absolute Gasteiger partial charge is 0.0301 e. The molecule has 0 amide bonds. The molecule has 0 aromatic heterocycles. The largest absolute Gasteiger partial charge is 0.329 e. The number of likely N-dealkylation sites (N-methyl/N-ethyl adjacent to an activating group) is 2. The van der Waals surface area contributed by atoms with Crippen LogP contribution in [0, 0.1) is 5.92 Å². The van der Waals surface area contributed by atoms with Gasteiger partial charge in [-0.15, -0.1) is 0 Å². The molecule has 1 heterocycles. The van der Waals surface area contributed by atoms with Crippen molar-refractivity contribution in [1.29, 1.82) is 0 Å². The zero-order valence-electron chi connectivity index (χ0n) is 13.8. The van der Waals surface area contributed by atoms with Gasteiger partial charge in [-0.05, 0) is 58.7 Å². The molecule has 0 radical (unpaired) electrons. The number of hydrogen-bond acceptors (Lipinski definition) is 3. The second kappa shape index (κ2) is 7.61. The summed E-state index contributed by atoms with van der Waals surface area (Å²) in [4.78, 5) is 5.14. The highest BCUT2D eigenvalue weighted by molar-refractivity contribution is 4.90. The van der Waals surface area contributed by atoms with Gasteiger partial charge in [0.25, 0.3) is 0 Å². The molecule has 1 fully saturated rings. The van der Waals surface area contributed by atoms with Crippen LogP contribution in [-0.2, 0) is 0 Å². The van der Waals surface area contributed by atoms with Crippen molar-refractivity contribution in [2.24, 2.45) is 11.7 Å². The Bertz CT molecular complexity index is 254. The molecule has 3 heteroatoms. The Morgan fingerprint density at radius 3 is 2.63 bits per heavy atom. The highest BCUT2D eigenvalue weighted by Crippen LogP contribution is 2.25. The van der Waals surface area contributed by atoms with E-state index in [1.807, 2.05) is 0 Å². The third kappa shape index (κ3) is 4.73. The van der Waals surface area contributed by atoms with E-state index in [9.17, 15) is 0 Å². The summed E-state index contributed by atoms with van der Waals surface area (Å²) >= 11 is 0. The lowest BCUT2D eigenvalue weighted by atomic mass is 9.90. The van der Waals surface area contributed by atoms with Crippen LogP contribution in [0.5, 0.6) is 0 Å². The Kier molecular flexibility index (Phi) is 6.78. The van der Waals surface area contributed by atoms with Gasteiger partial charge < -0.3 is 5.73 Å². The van der Waals surface area contributed by atoms with E-state index < -0.39 is 0 Å². The molecule has 1 aliphatic heterocycles. The van der Waals surface area contributed by atoms with Crippen LogP contribution in [0.3, 0.4) is 0 Å². The second-order valence-electron chi connectivity index (χ2n) is 6.94. The Balaban J connectivity index is 2.54. The fourth-order valence-electron chi connectivity index (χ4n) is 3.10. The molecule has 0 aromatic carbocycles. The lowest BCUT2D eigenvalue weighted by molar-refractivity contribution is 0.0921. The predicted octanol–water partition coefficient (Wildman–Crippen LogP) is 2.56. The first kappa shape index (κ1) is 16.9. The summed E-state index contributed by atoms with van der Waals surface area (Å²) < 4.78 is 0. The molecular formula is C16H35N3. The van der Waals surface area contributed by atoms with Crippen molar-refractivity contribution in [2.75, 3.05) is 33.2 Å². The van der Waals surface area contributed by atoms with Gasteiger partial charge >= 0.3 is 0 Å². The predicted molar refractivity (Wildman–Crippen MR) is 84.4 cm³/mol. The number of nitrogens with zero attached hydrogens (tertiary/aromatic N) is 2. The topological polar surface area (TPSA) is 32.5 Å². The van der Waals surface area contributed by atoms with E-state index in [2.05, 4.69) is 44.5 Å². The van der Waals surface area contributed by atoms with E-state index in [0.717, 1.165) is 18.5 Å². The minimum absolute atomic E-state index is 0.159. The molecule has 2 N–H and O–H groups in total. The average Bonchev–Trinajstić information content (AvgIpc) is 2.83. The highest BCUT2D eigenvalue weighted by atomic mass is 15.3. The van der Waals surface area contributed by atoms with Crippen LogP contribution in [0.4, 0.5) is 0 Å². The number of hydrogen-bond donors (Lipinski definition) is 1. The lowest BCUT2D eigenvalue weighted by Gasteiger charge is -2.41. The molecule has 1 saturated heterocycles. The van der Waals surface area contributed by atoms with Crippen LogP contribution in [0.15, 0.2) is 0 Å². The van der Waals surface area contributed by atoms with Crippen molar-refractivity contribution in [3.63, 3.8) is 0 Å². The summed E-state index contributed by atoms with van der Waals surface area (Å²) in [7, 11) is 2.26. The normalized spacial score (nSPS) is 24.3. The maximum Gasteiger partial charge on any atom is 0.0301 e. The van der Waals surface area contributed by atoms with Gasteiger partial charge in [-0.3, -0.25) is 9.80 Å². The summed E-state index contributed by atoms with van der Waals surface area (Å²) in [5.74, 6) is 0.762. The van der Waals surface area contributed by atoms with Gasteiger partial charge in [-0.1, -0.05) is 20.8 Å². The monoisotopic (exact) mass is 269 g/mol. The third-order valence-corrected chi connectivity index (χ3v) is 5.01. The molecule has 0 saturated carbocycles. The average molecular weight is 269 g/mol. The number of rotatable bonds is 8. The highest BCUT2D eigenvalue weighted by Gasteiger charge is 2.32. The molecule has 3 nitrogen and oxygen atoms in total. The van der Waals surface area contributed by atoms with Crippen molar-refractivity contribution in [3.8, 4) is 0 Å². The molecule has 114 valence electrons. The SMILES string of the molecule is CCN1CCCC1CN(C)C(C)(CN)CCC(C)C. The molecule has 2 atom stereocenters. The summed E-state index contributed by atoms with van der Waals surface area (Å²) in [5, 5.41) is 0. The third-order valence-electron chi connectivity index (χ3n) is 5.01. The molecule has 0 aliphatic carbocycles. The van der Waals surface area contributed by atoms with E-state index in [0.29, 0.717) is 0 Å². The van der Waals surface area contributed by atoms with Gasteiger partial charge in [0.2, 0.25) is 0 Å². The zero-order chi connectivity index (χ0) is 14.5. The van der Waals surface area contributed by atoms with Crippen molar-refractivity contribution in [2.45, 2.75) is 65.0 Å². The zero-order valence-corrected chi connectivity index (χ0v) is 13.8. The van der Waals surface area contributed by atoms with Crippen LogP contribution >= 0.6 is 0 Å². The van der Waals surface area contributed by atoms with E-state index in [1.54, 1.807) is 0 Å². The lowest BCUT2D eigenvalue weighted by Crippen LogP contribution is -2.53. The summed E-state index contributed by atoms with van der Waals surface area (Å²) in [6, 6.07) is 0.736. The molecule has 19 heavy (non-hydrogen) atoms. The Labute approximate surface area is 120 Å². The fourth-order valence-corrected chi connectivity index (χ4v) is 3.10. The minimum atomic E-state index is 0.159. The summed E-state index contributed by atoms with van der Waals surface area (Å²) in [6.45, 7) is 13.6. The van der Waals surface area contributed by atoms with Crippen molar-refractivity contribution in [3.05, 3.63) is 0 Å². The second-order valence-corrected chi connectivity index (χ2v) is 6.94. The number of nitrogens with two attached hydrogens (primary N) is 1. The Hall–Kier alpha value is -0.120. The Morgan fingerprint density at radius 1 is 1.42 bits per heavy atom. The summed E-state index contributed by atoms with van der Waals surface area (Å²) in [6.07, 6.45) is 5.18. The van der Waals surface area contributed by atoms with E-state index in [-0.39, 0.29) is 5.54 Å². The fraction of sp³-hybridized carbons (Fsp3) is 1.00. The molecule has 2 unspecified atom stereocenters. The standard InChI is InChI=1S/C16H35N3/c1-6-19-11-7-8-15(19)12-18(5)16(4,13-17)10-9-14(2)3/h14-15H,6-13,17H2,1-5H3. The maximum absolute atomic E-state index is 6.08. The van der Waals surface area contributed by atoms with Gasteiger partial charge in [0.15, 0.2) is 0 Å². The molecule has 0 bridgehead atoms. The van der Waals surface area contributed by atoms with Crippen LogP contribution in [-0.4, -0.2) is 54.6 Å². The first-order valence-electron chi connectivity index (χ1n) is 8.08. The van der Waals surface area contributed by atoms with Crippen LogP contribution < -0.4 is 5.73 Å². The van der Waals surface area contributed by atoms with Gasteiger partial charge in [0.05, 0.1) is 0 Å². The maximum atomic E-state index is 6.08. The van der Waals surface area contributed by atoms with Gasteiger partial charge in [-0.2, -0.15) is 0 Å². The Morgan fingerprint density at radius 2 is 2.11 bits per heavy atom. The van der Waals surface area contributed by atoms with Crippen molar-refractivity contribution < 1.29 is 0 Å². The van der Waals surface area contributed by atoms with Gasteiger partial charge in [0, 0.05) is 24.7 Å². The molecule has 1 aliphatic rings. The van der Waals surface area contributed by atoms with Gasteiger partial charge in [0.1, 0.15) is 0 Å². The molecule has 0 aromatic rings. The molecule has 1 rings (SSSR count). The quantitative estimate of drug-likeness (QED) is 0.735. The first-order chi connectivity index (χ1) is 8.92. The molecule has 0 spiro atoms. The molecular weight excluding hydrogens is 234 g/mol. The van der Waals surface area contributed by atoms with Crippen LogP contribution in [0.1, 0.15) is 53.4 Å². The van der Waals surface area contributed by atoms with Crippen molar-refractivity contribution >= 4 is 0 Å². The van der Waals surface area contributed by atoms with Crippen LogP contribution in [0.25, 0.3) is 0 Å². The van der Waals surface area contributed by atoms with E-state index in [1.165, 1.54) is 45.3 Å². The van der Waals surface area contributed by atoms with E-state index >= 15 is 0 Å². The van der Waals surface area contributed by atoms with Crippen LogP contribution in [0.2, 0.25) is 0 Å². The first-order valence-corrected chi connectivity index (χ1v) is 8.08. The van der Waals surface area contributed by atoms with E-state index in [4.69, 9.17) is 5.73 Å². The number of likely N-dealkylation sites (tertiary alicyclic amines) is 1. The summed E-state index contributed by atoms with van der Waals surface area (Å²) in [5.41, 5.74) is 6.24. The van der Waals surface area contributed by atoms with Crippen molar-refractivity contribution in [1.82, 2.24) is 9.80 Å². The minimum Gasteiger partial charge on any atom is -0.329 e.